The summed E-state index contributed by atoms with van der Waals surface area (Å²) in [6.07, 6.45) is 0. The van der Waals surface area contributed by atoms with E-state index in [9.17, 15) is 4.39 Å². The van der Waals surface area contributed by atoms with Crippen molar-refractivity contribution in [2.75, 3.05) is 14.2 Å². The van der Waals surface area contributed by atoms with Gasteiger partial charge in [0.1, 0.15) is 22.7 Å². The van der Waals surface area contributed by atoms with Gasteiger partial charge in [0.15, 0.2) is 0 Å². The van der Waals surface area contributed by atoms with E-state index in [0.717, 1.165) is 4.88 Å². The molecule has 0 bridgehead atoms. The van der Waals surface area contributed by atoms with E-state index in [-0.39, 0.29) is 5.82 Å². The fraction of sp³-hybridized carbons (Fsp3) is 0.231. The fourth-order valence-electron chi connectivity index (χ4n) is 1.72. The Bertz CT molecular complexity index is 588. The summed E-state index contributed by atoms with van der Waals surface area (Å²) in [4.78, 5) is 0.862. The van der Waals surface area contributed by atoms with Gasteiger partial charge in [-0.05, 0) is 33.4 Å². The maximum Gasteiger partial charge on any atom is 0.141 e. The van der Waals surface area contributed by atoms with Crippen LogP contribution in [0.3, 0.4) is 0 Å². The summed E-state index contributed by atoms with van der Waals surface area (Å²) in [6, 6.07) is 4.79. The third kappa shape index (κ3) is 2.88. The van der Waals surface area contributed by atoms with Gasteiger partial charge in [-0.15, -0.1) is 22.9 Å². The van der Waals surface area contributed by atoms with Gasteiger partial charge in [0.05, 0.1) is 23.6 Å². The number of methoxy groups -OCH3 is 2. The van der Waals surface area contributed by atoms with Crippen LogP contribution in [0.25, 0.3) is 0 Å². The molecule has 6 heteroatoms. The summed E-state index contributed by atoms with van der Waals surface area (Å²) in [7, 11) is 3.08. The van der Waals surface area contributed by atoms with Crippen LogP contribution in [-0.2, 0) is 0 Å². The molecule has 0 aliphatic rings. The lowest BCUT2D eigenvalue weighted by molar-refractivity contribution is 0.403. The number of hydrogen-bond acceptors (Lipinski definition) is 3. The van der Waals surface area contributed by atoms with Crippen LogP contribution in [0.5, 0.6) is 11.5 Å². The summed E-state index contributed by atoms with van der Waals surface area (Å²) >= 11 is 11.1. The van der Waals surface area contributed by atoms with Crippen molar-refractivity contribution in [3.63, 3.8) is 0 Å². The summed E-state index contributed by atoms with van der Waals surface area (Å²) in [5.74, 6) is 0.742. The van der Waals surface area contributed by atoms with Crippen LogP contribution < -0.4 is 9.47 Å². The van der Waals surface area contributed by atoms with Gasteiger partial charge in [-0.25, -0.2) is 4.39 Å². The number of rotatable bonds is 4. The van der Waals surface area contributed by atoms with Gasteiger partial charge in [-0.3, -0.25) is 0 Å². The largest absolute Gasteiger partial charge is 0.496 e. The third-order valence-corrected chi connectivity index (χ3v) is 4.81. The predicted molar refractivity (Wildman–Crippen MR) is 79.2 cm³/mol. The van der Waals surface area contributed by atoms with Crippen molar-refractivity contribution in [3.05, 3.63) is 44.3 Å². The third-order valence-electron chi connectivity index (χ3n) is 2.65. The molecule has 0 saturated carbocycles. The molecule has 0 saturated heterocycles. The van der Waals surface area contributed by atoms with E-state index in [1.54, 1.807) is 13.2 Å². The molecule has 0 spiro atoms. The Balaban J connectivity index is 2.49. The molecule has 0 N–H and O–H groups in total. The van der Waals surface area contributed by atoms with Gasteiger partial charge in [0.2, 0.25) is 0 Å². The van der Waals surface area contributed by atoms with Crippen molar-refractivity contribution in [3.8, 4) is 11.5 Å². The van der Waals surface area contributed by atoms with Crippen LogP contribution in [0.4, 0.5) is 4.39 Å². The van der Waals surface area contributed by atoms with Crippen molar-refractivity contribution >= 4 is 38.9 Å². The number of halogens is 3. The van der Waals surface area contributed by atoms with E-state index in [4.69, 9.17) is 21.1 Å². The average Bonchev–Trinajstić information content (AvgIpc) is 2.88. The van der Waals surface area contributed by atoms with Gasteiger partial charge in [0.25, 0.3) is 0 Å². The molecule has 0 aliphatic heterocycles. The minimum Gasteiger partial charge on any atom is -0.496 e. The van der Waals surface area contributed by atoms with E-state index < -0.39 is 5.38 Å². The molecule has 0 fully saturated rings. The first-order valence-corrected chi connectivity index (χ1v) is 7.47. The Morgan fingerprint density at radius 3 is 2.58 bits per heavy atom. The molecule has 1 heterocycles. The number of thiophene rings is 1. The fourth-order valence-corrected chi connectivity index (χ4v) is 3.37. The van der Waals surface area contributed by atoms with Crippen molar-refractivity contribution in [1.29, 1.82) is 0 Å². The van der Waals surface area contributed by atoms with E-state index in [1.807, 2.05) is 11.4 Å². The molecule has 0 amide bonds. The Kier molecular flexibility index (Phi) is 4.71. The molecule has 0 aliphatic carbocycles. The standard InChI is InChI=1S/C13H11BrClFO2S/c1-17-10-3-4-19-13(10)12(15)7-5-8(14)9(16)6-11(7)18-2/h3-6,12H,1-2H3. The first-order valence-electron chi connectivity index (χ1n) is 5.36. The van der Waals surface area contributed by atoms with Gasteiger partial charge < -0.3 is 9.47 Å². The second-order valence-electron chi connectivity index (χ2n) is 3.72. The molecule has 102 valence electrons. The second kappa shape index (κ2) is 6.11. The quantitative estimate of drug-likeness (QED) is 0.710. The highest BCUT2D eigenvalue weighted by Crippen LogP contribution is 2.43. The molecule has 2 rings (SSSR count). The number of benzene rings is 1. The molecular weight excluding hydrogens is 355 g/mol. The van der Waals surface area contributed by atoms with Crippen molar-refractivity contribution in [2.24, 2.45) is 0 Å². The van der Waals surface area contributed by atoms with Crippen LogP contribution in [0, 0.1) is 5.82 Å². The molecule has 1 aromatic heterocycles. The molecular formula is C13H11BrClFO2S. The highest BCUT2D eigenvalue weighted by molar-refractivity contribution is 9.10. The molecule has 19 heavy (non-hydrogen) atoms. The summed E-state index contributed by atoms with van der Waals surface area (Å²) in [6.45, 7) is 0. The normalized spacial score (nSPS) is 12.3. The molecule has 2 nitrogen and oxygen atoms in total. The molecule has 1 atom stereocenters. The van der Waals surface area contributed by atoms with Gasteiger partial charge >= 0.3 is 0 Å². The maximum atomic E-state index is 13.5. The van der Waals surface area contributed by atoms with Crippen molar-refractivity contribution in [1.82, 2.24) is 0 Å². The Hall–Kier alpha value is -0.780. The molecule has 1 aromatic carbocycles. The van der Waals surface area contributed by atoms with Crippen LogP contribution in [0.1, 0.15) is 15.8 Å². The van der Waals surface area contributed by atoms with Crippen LogP contribution in [0.2, 0.25) is 0 Å². The minimum atomic E-state index is -0.457. The van der Waals surface area contributed by atoms with Gasteiger partial charge in [-0.2, -0.15) is 0 Å². The SMILES string of the molecule is COc1cc(F)c(Br)cc1C(Cl)c1sccc1OC. The molecule has 1 unspecified atom stereocenters. The summed E-state index contributed by atoms with van der Waals surface area (Å²) in [5, 5.41) is 1.44. The first-order chi connectivity index (χ1) is 9.08. The number of alkyl halides is 1. The number of ether oxygens (including phenoxy) is 2. The lowest BCUT2D eigenvalue weighted by Gasteiger charge is -2.15. The first kappa shape index (κ1) is 14.6. The molecule has 2 aromatic rings. The van der Waals surface area contributed by atoms with Gasteiger partial charge in [0, 0.05) is 11.6 Å². The Labute approximate surface area is 128 Å². The van der Waals surface area contributed by atoms with Crippen molar-refractivity contribution in [2.45, 2.75) is 5.38 Å². The highest BCUT2D eigenvalue weighted by atomic mass is 79.9. The smallest absolute Gasteiger partial charge is 0.141 e. The van der Waals surface area contributed by atoms with Crippen LogP contribution >= 0.6 is 38.9 Å². The zero-order chi connectivity index (χ0) is 14.0. The second-order valence-corrected chi connectivity index (χ2v) is 5.96. The lowest BCUT2D eigenvalue weighted by atomic mass is 10.1. The Morgan fingerprint density at radius 1 is 1.26 bits per heavy atom. The monoisotopic (exact) mass is 364 g/mol. The Morgan fingerprint density at radius 2 is 1.95 bits per heavy atom. The van der Waals surface area contributed by atoms with E-state index in [1.165, 1.54) is 24.5 Å². The van der Waals surface area contributed by atoms with E-state index >= 15 is 0 Å². The van der Waals surface area contributed by atoms with E-state index in [2.05, 4.69) is 15.9 Å². The molecule has 0 radical (unpaired) electrons. The zero-order valence-electron chi connectivity index (χ0n) is 10.2. The van der Waals surface area contributed by atoms with E-state index in [0.29, 0.717) is 21.5 Å². The van der Waals surface area contributed by atoms with Crippen molar-refractivity contribution < 1.29 is 13.9 Å². The van der Waals surface area contributed by atoms with Gasteiger partial charge in [-0.1, -0.05) is 0 Å². The number of hydrogen-bond donors (Lipinski definition) is 0. The summed E-state index contributed by atoms with van der Waals surface area (Å²) in [5.41, 5.74) is 0.693. The topological polar surface area (TPSA) is 18.5 Å². The average molecular weight is 366 g/mol. The van der Waals surface area contributed by atoms with Crippen LogP contribution in [-0.4, -0.2) is 14.2 Å². The minimum absolute atomic E-state index is 0.351. The maximum absolute atomic E-state index is 13.5. The predicted octanol–water partition coefficient (Wildman–Crippen LogP) is 5.00. The lowest BCUT2D eigenvalue weighted by Crippen LogP contribution is -1.99. The van der Waals surface area contributed by atoms with Crippen LogP contribution in [0.15, 0.2) is 28.1 Å². The highest BCUT2D eigenvalue weighted by Gasteiger charge is 2.22. The summed E-state index contributed by atoms with van der Waals surface area (Å²) < 4.78 is 24.3. The zero-order valence-corrected chi connectivity index (χ0v) is 13.4.